The number of amides is 1. The number of hydrogen-bond acceptors (Lipinski definition) is 2. The van der Waals surface area contributed by atoms with Crippen molar-refractivity contribution < 1.29 is 4.79 Å². The highest BCUT2D eigenvalue weighted by Crippen LogP contribution is 2.14. The molecule has 1 aromatic rings. The second kappa shape index (κ2) is 4.03. The fourth-order valence-electron chi connectivity index (χ4n) is 1.66. The van der Waals surface area contributed by atoms with Crippen LogP contribution in [0.1, 0.15) is 25.5 Å². The number of nitrogens with one attached hydrogen (secondary N) is 2. The molecule has 0 radical (unpaired) electrons. The molecule has 2 rings (SSSR count). The summed E-state index contributed by atoms with van der Waals surface area (Å²) in [6.07, 6.45) is 0. The molecule has 0 bridgehead atoms. The summed E-state index contributed by atoms with van der Waals surface area (Å²) in [6, 6.07) is 10.4. The maximum Gasteiger partial charge on any atom is 0.239 e. The van der Waals surface area contributed by atoms with Crippen molar-refractivity contribution in [3.8, 4) is 0 Å². The normalized spacial score (nSPS) is 25.7. The van der Waals surface area contributed by atoms with Crippen molar-refractivity contribution in [2.75, 3.05) is 0 Å². The molecule has 1 heterocycles. The molecule has 3 nitrogen and oxygen atoms in total. The lowest BCUT2D eigenvalue weighted by atomic mass is 10.1. The fraction of sp³-hybridized carbons (Fsp3) is 0.417. The maximum absolute atomic E-state index is 11.6. The molecular formula is C12H16N2O. The minimum atomic E-state index is 0.0103. The predicted octanol–water partition coefficient (Wildman–Crippen LogP) is 1.22. The van der Waals surface area contributed by atoms with Gasteiger partial charge in [0, 0.05) is 6.04 Å². The van der Waals surface area contributed by atoms with Gasteiger partial charge in [-0.15, -0.1) is 0 Å². The van der Waals surface area contributed by atoms with Gasteiger partial charge in [-0.3, -0.25) is 10.1 Å². The van der Waals surface area contributed by atoms with E-state index in [1.807, 2.05) is 44.2 Å². The lowest BCUT2D eigenvalue weighted by molar-refractivity contribution is -0.121. The summed E-state index contributed by atoms with van der Waals surface area (Å²) in [7, 11) is 0. The zero-order chi connectivity index (χ0) is 10.8. The van der Waals surface area contributed by atoms with E-state index in [0.29, 0.717) is 6.04 Å². The van der Waals surface area contributed by atoms with Crippen LogP contribution in [0.25, 0.3) is 0 Å². The van der Waals surface area contributed by atoms with Crippen molar-refractivity contribution in [1.82, 2.24) is 10.6 Å². The Kier molecular flexibility index (Phi) is 2.73. The Bertz CT molecular complexity index is 350. The number of benzene rings is 1. The van der Waals surface area contributed by atoms with Gasteiger partial charge in [0.2, 0.25) is 5.91 Å². The van der Waals surface area contributed by atoms with Crippen LogP contribution in [0.3, 0.4) is 0 Å². The first-order valence-corrected chi connectivity index (χ1v) is 5.30. The summed E-state index contributed by atoms with van der Waals surface area (Å²) >= 11 is 0. The topological polar surface area (TPSA) is 51.0 Å². The van der Waals surface area contributed by atoms with Crippen molar-refractivity contribution in [3.05, 3.63) is 35.9 Å². The molecule has 3 heteroatoms. The highest BCUT2D eigenvalue weighted by molar-refractivity contribution is 5.85. The molecule has 0 aromatic heterocycles. The maximum atomic E-state index is 11.6. The zero-order valence-corrected chi connectivity index (χ0v) is 9.03. The van der Waals surface area contributed by atoms with Crippen LogP contribution in [0.5, 0.6) is 0 Å². The smallest absolute Gasteiger partial charge is 0.239 e. The largest absolute Gasteiger partial charge is 0.348 e. The van der Waals surface area contributed by atoms with Crippen LogP contribution in [-0.4, -0.2) is 18.0 Å². The molecule has 1 aliphatic heterocycles. The Morgan fingerprint density at radius 3 is 2.53 bits per heavy atom. The Hall–Kier alpha value is -1.35. The summed E-state index contributed by atoms with van der Waals surface area (Å²) in [5.74, 6) is 0.0962. The van der Waals surface area contributed by atoms with Gasteiger partial charge in [-0.2, -0.15) is 0 Å². The highest BCUT2D eigenvalue weighted by Gasteiger charge is 2.38. The first-order chi connectivity index (χ1) is 7.18. The molecule has 0 aliphatic carbocycles. The van der Waals surface area contributed by atoms with Crippen LogP contribution in [0, 0.1) is 0 Å². The molecule has 1 aliphatic rings. The molecule has 0 unspecified atom stereocenters. The van der Waals surface area contributed by atoms with Crippen LogP contribution in [0.2, 0.25) is 0 Å². The highest BCUT2D eigenvalue weighted by atomic mass is 16.2. The van der Waals surface area contributed by atoms with Gasteiger partial charge in [-0.1, -0.05) is 30.3 Å². The van der Waals surface area contributed by atoms with Gasteiger partial charge in [-0.25, -0.2) is 0 Å². The van der Waals surface area contributed by atoms with Crippen LogP contribution in [0.15, 0.2) is 30.3 Å². The van der Waals surface area contributed by atoms with E-state index in [0.717, 1.165) is 5.56 Å². The summed E-state index contributed by atoms with van der Waals surface area (Å²) in [6.45, 7) is 4.01. The van der Waals surface area contributed by atoms with Crippen LogP contribution < -0.4 is 10.6 Å². The molecule has 1 aromatic carbocycles. The van der Waals surface area contributed by atoms with Gasteiger partial charge in [0.1, 0.15) is 6.04 Å². The number of carbonyl (C=O) groups is 1. The van der Waals surface area contributed by atoms with Crippen molar-refractivity contribution in [3.63, 3.8) is 0 Å². The van der Waals surface area contributed by atoms with Crippen LogP contribution in [-0.2, 0) is 4.79 Å². The third kappa shape index (κ3) is 2.36. The molecule has 1 amide bonds. The average Bonchev–Trinajstić information content (AvgIpc) is 2.97. The number of hydrogen-bond donors (Lipinski definition) is 2. The Morgan fingerprint density at radius 1 is 1.40 bits per heavy atom. The molecular weight excluding hydrogens is 188 g/mol. The van der Waals surface area contributed by atoms with E-state index >= 15 is 0 Å². The fourth-order valence-corrected chi connectivity index (χ4v) is 1.66. The molecule has 3 atom stereocenters. The van der Waals surface area contributed by atoms with E-state index in [4.69, 9.17) is 0 Å². The zero-order valence-electron chi connectivity index (χ0n) is 9.03. The first-order valence-electron chi connectivity index (χ1n) is 5.30. The van der Waals surface area contributed by atoms with Crippen molar-refractivity contribution in [2.24, 2.45) is 0 Å². The third-order valence-corrected chi connectivity index (χ3v) is 2.77. The Balaban J connectivity index is 1.92. The number of rotatable bonds is 3. The Labute approximate surface area is 89.9 Å². The van der Waals surface area contributed by atoms with E-state index < -0.39 is 0 Å². The molecule has 2 N–H and O–H groups in total. The summed E-state index contributed by atoms with van der Waals surface area (Å²) < 4.78 is 0. The predicted molar refractivity (Wildman–Crippen MR) is 59.4 cm³/mol. The molecule has 80 valence electrons. The van der Waals surface area contributed by atoms with Gasteiger partial charge in [0.25, 0.3) is 0 Å². The lowest BCUT2D eigenvalue weighted by Crippen LogP contribution is -2.32. The van der Waals surface area contributed by atoms with E-state index in [1.165, 1.54) is 0 Å². The van der Waals surface area contributed by atoms with E-state index in [9.17, 15) is 4.79 Å². The van der Waals surface area contributed by atoms with Gasteiger partial charge in [-0.05, 0) is 19.4 Å². The molecule has 0 saturated carbocycles. The van der Waals surface area contributed by atoms with Gasteiger partial charge in [0.15, 0.2) is 0 Å². The first kappa shape index (κ1) is 10.2. The minimum absolute atomic E-state index is 0.0103. The minimum Gasteiger partial charge on any atom is -0.348 e. The molecule has 0 spiro atoms. The lowest BCUT2D eigenvalue weighted by Gasteiger charge is -2.13. The molecule has 1 fully saturated rings. The van der Waals surface area contributed by atoms with Gasteiger partial charge >= 0.3 is 0 Å². The van der Waals surface area contributed by atoms with E-state index in [-0.39, 0.29) is 18.0 Å². The second-order valence-electron chi connectivity index (χ2n) is 4.07. The summed E-state index contributed by atoms with van der Waals surface area (Å²) in [5, 5.41) is 6.06. The second-order valence-corrected chi connectivity index (χ2v) is 4.07. The van der Waals surface area contributed by atoms with Crippen molar-refractivity contribution >= 4 is 5.91 Å². The van der Waals surface area contributed by atoms with E-state index in [1.54, 1.807) is 0 Å². The van der Waals surface area contributed by atoms with Crippen molar-refractivity contribution in [2.45, 2.75) is 32.0 Å². The van der Waals surface area contributed by atoms with Gasteiger partial charge in [0.05, 0.1) is 6.04 Å². The summed E-state index contributed by atoms with van der Waals surface area (Å²) in [4.78, 5) is 11.6. The quantitative estimate of drug-likeness (QED) is 0.727. The molecule has 1 saturated heterocycles. The SMILES string of the molecule is C[C@H](NC(=O)[C@H]1N[C@@H]1C)c1ccccc1. The van der Waals surface area contributed by atoms with Gasteiger partial charge < -0.3 is 5.32 Å². The van der Waals surface area contributed by atoms with Crippen LogP contribution >= 0.6 is 0 Å². The number of carbonyl (C=O) groups excluding carboxylic acids is 1. The average molecular weight is 204 g/mol. The van der Waals surface area contributed by atoms with Crippen LogP contribution in [0.4, 0.5) is 0 Å². The summed E-state index contributed by atoms with van der Waals surface area (Å²) in [5.41, 5.74) is 1.14. The van der Waals surface area contributed by atoms with E-state index in [2.05, 4.69) is 10.6 Å². The van der Waals surface area contributed by atoms with Crippen molar-refractivity contribution in [1.29, 1.82) is 0 Å². The Morgan fingerprint density at radius 2 is 2.00 bits per heavy atom. The molecule has 15 heavy (non-hydrogen) atoms. The third-order valence-electron chi connectivity index (χ3n) is 2.77. The standard InChI is InChI=1S/C12H16N2O/c1-8(10-6-4-3-5-7-10)14-12(15)11-9(2)13-11/h3-9,11,13H,1-2H3,(H,14,15)/t8-,9+,11-/m0/s1. The monoisotopic (exact) mass is 204 g/mol.